The van der Waals surface area contributed by atoms with Gasteiger partial charge < -0.3 is 5.32 Å². The van der Waals surface area contributed by atoms with Crippen LogP contribution in [-0.4, -0.2) is 62.4 Å². The zero-order valence-corrected chi connectivity index (χ0v) is 17.8. The van der Waals surface area contributed by atoms with Crippen LogP contribution in [0.4, 0.5) is 4.39 Å². The summed E-state index contributed by atoms with van der Waals surface area (Å²) in [4.78, 5) is 12.3. The van der Waals surface area contributed by atoms with Crippen LogP contribution in [0, 0.1) is 11.7 Å². The molecule has 27 heavy (non-hydrogen) atoms. The molecule has 0 spiro atoms. The summed E-state index contributed by atoms with van der Waals surface area (Å²) in [6, 6.07) is 4.59. The van der Waals surface area contributed by atoms with Crippen LogP contribution in [0.15, 0.2) is 18.2 Å². The van der Waals surface area contributed by atoms with Crippen LogP contribution in [-0.2, 0) is 20.8 Å². The Morgan fingerprint density at radius 2 is 2.19 bits per heavy atom. The van der Waals surface area contributed by atoms with E-state index in [1.165, 1.54) is 36.2 Å². The molecule has 1 amide bonds. The maximum Gasteiger partial charge on any atom is 0.281 e. The molecule has 0 aromatic heterocycles. The lowest BCUT2D eigenvalue weighted by atomic mass is 9.99. The van der Waals surface area contributed by atoms with Crippen LogP contribution in [0.5, 0.6) is 0 Å². The molecule has 1 saturated heterocycles. The molecule has 1 aromatic carbocycles. The van der Waals surface area contributed by atoms with Crippen molar-refractivity contribution in [1.82, 2.24) is 13.9 Å². The molecule has 1 heterocycles. The Hall–Kier alpha value is -0.870. The number of hydrogen-bond donors (Lipinski definition) is 1. The number of carbonyl (C=O) groups is 1. The number of nitrogens with one attached hydrogen (secondary N) is 1. The van der Waals surface area contributed by atoms with Crippen molar-refractivity contribution in [3.05, 3.63) is 34.6 Å². The highest BCUT2D eigenvalue weighted by Gasteiger charge is 2.33. The van der Waals surface area contributed by atoms with E-state index < -0.39 is 10.2 Å². The van der Waals surface area contributed by atoms with Gasteiger partial charge in [0.25, 0.3) is 10.2 Å². The highest BCUT2D eigenvalue weighted by atomic mass is 35.5. The van der Waals surface area contributed by atoms with Crippen LogP contribution in [0.3, 0.4) is 0 Å². The molecule has 10 heteroatoms. The van der Waals surface area contributed by atoms with Crippen molar-refractivity contribution in [2.45, 2.75) is 18.6 Å². The van der Waals surface area contributed by atoms with Gasteiger partial charge in [-0.2, -0.15) is 28.8 Å². The minimum Gasteiger partial charge on any atom is -0.355 e. The van der Waals surface area contributed by atoms with Crippen molar-refractivity contribution < 1.29 is 17.6 Å². The minimum absolute atomic E-state index is 0.141. The van der Waals surface area contributed by atoms with Crippen molar-refractivity contribution in [2.75, 3.05) is 39.5 Å². The first-order valence-electron chi connectivity index (χ1n) is 8.69. The largest absolute Gasteiger partial charge is 0.355 e. The Morgan fingerprint density at radius 3 is 2.85 bits per heavy atom. The molecule has 152 valence electrons. The standard InChI is InChI=1S/C17H25ClFN3O3S2/c1-21(2)27(24,25)22-9-4-5-13(11-22)17(23)20-8-10-26-12-14-15(18)6-3-7-16(14)19/h3,6-7,13H,4-5,8-12H2,1-2H3,(H,20,23). The summed E-state index contributed by atoms with van der Waals surface area (Å²) < 4.78 is 40.7. The zero-order valence-electron chi connectivity index (χ0n) is 15.5. The average Bonchev–Trinajstić information content (AvgIpc) is 2.63. The number of carbonyl (C=O) groups excluding carboxylic acids is 1. The van der Waals surface area contributed by atoms with E-state index in [1.807, 2.05) is 0 Å². The van der Waals surface area contributed by atoms with Gasteiger partial charge in [-0.1, -0.05) is 17.7 Å². The van der Waals surface area contributed by atoms with Crippen LogP contribution < -0.4 is 5.32 Å². The second kappa shape index (κ2) is 10.1. The van der Waals surface area contributed by atoms with Gasteiger partial charge in [0.15, 0.2) is 0 Å². The molecular formula is C17H25ClFN3O3S2. The third-order valence-electron chi connectivity index (χ3n) is 4.40. The van der Waals surface area contributed by atoms with Gasteiger partial charge >= 0.3 is 0 Å². The molecule has 6 nitrogen and oxygen atoms in total. The molecule has 0 aliphatic carbocycles. The molecule has 0 saturated carbocycles. The highest BCUT2D eigenvalue weighted by Crippen LogP contribution is 2.24. The minimum atomic E-state index is -3.50. The van der Waals surface area contributed by atoms with E-state index in [0.717, 1.165) is 4.31 Å². The number of rotatable bonds is 8. The summed E-state index contributed by atoms with van der Waals surface area (Å²) >= 11 is 7.47. The third-order valence-corrected chi connectivity index (χ3v) is 7.64. The molecule has 1 unspecified atom stereocenters. The fraction of sp³-hybridized carbons (Fsp3) is 0.588. The van der Waals surface area contributed by atoms with Gasteiger partial charge in [-0.05, 0) is 25.0 Å². The van der Waals surface area contributed by atoms with E-state index in [2.05, 4.69) is 5.32 Å². The number of nitrogens with zero attached hydrogens (tertiary/aromatic N) is 2. The van der Waals surface area contributed by atoms with Crippen molar-refractivity contribution >= 4 is 39.5 Å². The van der Waals surface area contributed by atoms with Gasteiger partial charge in [-0.15, -0.1) is 0 Å². The SMILES string of the molecule is CN(C)S(=O)(=O)N1CCCC(C(=O)NCCSCc2c(F)cccc2Cl)C1. The van der Waals surface area contributed by atoms with Crippen LogP contribution in [0.2, 0.25) is 5.02 Å². The van der Waals surface area contributed by atoms with Gasteiger partial charge in [-0.3, -0.25) is 4.79 Å². The number of piperidine rings is 1. The molecule has 1 fully saturated rings. The van der Waals surface area contributed by atoms with Gasteiger partial charge in [0.2, 0.25) is 5.91 Å². The maximum absolute atomic E-state index is 13.7. The van der Waals surface area contributed by atoms with Crippen molar-refractivity contribution in [1.29, 1.82) is 0 Å². The number of thioether (sulfide) groups is 1. The summed E-state index contributed by atoms with van der Waals surface area (Å²) in [5.74, 6) is 0.226. The van der Waals surface area contributed by atoms with Crippen LogP contribution >= 0.6 is 23.4 Å². The van der Waals surface area contributed by atoms with Crippen LogP contribution in [0.25, 0.3) is 0 Å². The fourth-order valence-electron chi connectivity index (χ4n) is 2.83. The van der Waals surface area contributed by atoms with Crippen LogP contribution in [0.1, 0.15) is 18.4 Å². The second-order valence-electron chi connectivity index (χ2n) is 6.53. The normalized spacial score (nSPS) is 18.6. The van der Waals surface area contributed by atoms with Gasteiger partial charge in [0.05, 0.1) is 5.92 Å². The molecule has 1 atom stereocenters. The first-order chi connectivity index (χ1) is 12.7. The van der Waals surface area contributed by atoms with Gasteiger partial charge in [0.1, 0.15) is 5.82 Å². The molecule has 0 bridgehead atoms. The number of amides is 1. The summed E-state index contributed by atoms with van der Waals surface area (Å²) in [5.41, 5.74) is 0.465. The maximum atomic E-state index is 13.7. The smallest absolute Gasteiger partial charge is 0.281 e. The zero-order chi connectivity index (χ0) is 20.0. The Kier molecular flexibility index (Phi) is 8.36. The van der Waals surface area contributed by atoms with E-state index in [4.69, 9.17) is 11.6 Å². The quantitative estimate of drug-likeness (QED) is 0.634. The topological polar surface area (TPSA) is 69.7 Å². The van der Waals surface area contributed by atoms with E-state index in [9.17, 15) is 17.6 Å². The highest BCUT2D eigenvalue weighted by molar-refractivity contribution is 7.98. The van der Waals surface area contributed by atoms with E-state index >= 15 is 0 Å². The predicted octanol–water partition coefficient (Wildman–Crippen LogP) is 2.35. The number of halogens is 2. The fourth-order valence-corrected chi connectivity index (χ4v) is 5.22. The Bertz CT molecular complexity index is 742. The summed E-state index contributed by atoms with van der Waals surface area (Å²) in [5, 5.41) is 3.25. The lowest BCUT2D eigenvalue weighted by molar-refractivity contribution is -0.125. The Morgan fingerprint density at radius 1 is 1.44 bits per heavy atom. The molecule has 1 N–H and O–H groups in total. The predicted molar refractivity (Wildman–Crippen MR) is 107 cm³/mol. The third kappa shape index (κ3) is 6.05. The molecule has 1 aliphatic rings. The Balaban J connectivity index is 1.76. The van der Waals surface area contributed by atoms with Crippen molar-refractivity contribution in [3.8, 4) is 0 Å². The van der Waals surface area contributed by atoms with Gasteiger partial charge in [0, 0.05) is 55.8 Å². The molecular weight excluding hydrogens is 413 g/mol. The monoisotopic (exact) mass is 437 g/mol. The van der Waals surface area contributed by atoms with Gasteiger partial charge in [-0.25, -0.2) is 4.39 Å². The average molecular weight is 438 g/mol. The number of hydrogen-bond acceptors (Lipinski definition) is 4. The van der Waals surface area contributed by atoms with E-state index in [0.29, 0.717) is 48.0 Å². The lowest BCUT2D eigenvalue weighted by Gasteiger charge is -2.32. The van der Waals surface area contributed by atoms with E-state index in [1.54, 1.807) is 12.1 Å². The molecule has 1 aliphatic heterocycles. The Labute approximate surface area is 169 Å². The number of benzene rings is 1. The van der Waals surface area contributed by atoms with Crippen molar-refractivity contribution in [2.24, 2.45) is 5.92 Å². The summed E-state index contributed by atoms with van der Waals surface area (Å²) in [6.07, 6.45) is 1.33. The van der Waals surface area contributed by atoms with E-state index in [-0.39, 0.29) is 24.2 Å². The van der Waals surface area contributed by atoms with Crippen molar-refractivity contribution in [3.63, 3.8) is 0 Å². The lowest BCUT2D eigenvalue weighted by Crippen LogP contribution is -2.49. The molecule has 0 radical (unpaired) electrons. The summed E-state index contributed by atoms with van der Waals surface area (Å²) in [7, 11) is -0.531. The summed E-state index contributed by atoms with van der Waals surface area (Å²) in [6.45, 7) is 1.07. The first kappa shape index (κ1) is 22.4. The second-order valence-corrected chi connectivity index (χ2v) is 10.2. The first-order valence-corrected chi connectivity index (χ1v) is 11.6. The molecule has 2 rings (SSSR count). The molecule has 1 aromatic rings.